The van der Waals surface area contributed by atoms with Gasteiger partial charge in [0.25, 0.3) is 0 Å². The van der Waals surface area contributed by atoms with Crippen molar-refractivity contribution in [2.75, 3.05) is 13.2 Å². The normalized spacial score (nSPS) is 13.0. The van der Waals surface area contributed by atoms with Crippen LogP contribution in [0.25, 0.3) is 0 Å². The minimum Gasteiger partial charge on any atom is -0.462 e. The first-order chi connectivity index (χ1) is 32.0. The fourth-order valence-electron chi connectivity index (χ4n) is 6.75. The second-order valence-corrected chi connectivity index (χ2v) is 17.0. The first-order valence-corrected chi connectivity index (χ1v) is 26.4. The van der Waals surface area contributed by atoms with Crippen LogP contribution in [0.4, 0.5) is 0 Å². The summed E-state index contributed by atoms with van der Waals surface area (Å²) in [6.45, 7) is 6.39. The van der Waals surface area contributed by atoms with Gasteiger partial charge in [0, 0.05) is 19.3 Å². The van der Waals surface area contributed by atoms with Gasteiger partial charge in [-0.05, 0) is 122 Å². The summed E-state index contributed by atoms with van der Waals surface area (Å²) in [5, 5.41) is 0. The number of carbonyl (C=O) groups excluding carboxylic acids is 3. The molecule has 0 rings (SSSR count). The van der Waals surface area contributed by atoms with Crippen molar-refractivity contribution >= 4 is 17.9 Å². The first kappa shape index (κ1) is 61.1. The van der Waals surface area contributed by atoms with Crippen LogP contribution in [-0.2, 0) is 28.6 Å². The number of carbonyl (C=O) groups is 3. The number of unbranched alkanes of at least 4 members (excludes halogenated alkanes) is 17. The van der Waals surface area contributed by atoms with Crippen LogP contribution < -0.4 is 0 Å². The topological polar surface area (TPSA) is 78.9 Å². The Balaban J connectivity index is 4.48. The lowest BCUT2D eigenvalue weighted by molar-refractivity contribution is -0.167. The smallest absolute Gasteiger partial charge is 0.306 e. The Morgan fingerprint density at radius 2 is 0.615 bits per heavy atom. The van der Waals surface area contributed by atoms with Gasteiger partial charge in [0.1, 0.15) is 13.2 Å². The number of rotatable bonds is 46. The fourth-order valence-corrected chi connectivity index (χ4v) is 6.75. The molecule has 0 aliphatic heterocycles. The van der Waals surface area contributed by atoms with Gasteiger partial charge in [-0.3, -0.25) is 14.4 Å². The number of esters is 3. The van der Waals surface area contributed by atoms with E-state index in [9.17, 15) is 14.4 Å². The molecule has 0 aromatic rings. The van der Waals surface area contributed by atoms with E-state index in [1.165, 1.54) is 51.4 Å². The molecule has 1 unspecified atom stereocenters. The lowest BCUT2D eigenvalue weighted by Crippen LogP contribution is -2.30. The van der Waals surface area contributed by atoms with E-state index < -0.39 is 6.10 Å². The molecule has 0 spiro atoms. The summed E-state index contributed by atoms with van der Waals surface area (Å²) >= 11 is 0. The maximum Gasteiger partial charge on any atom is 0.306 e. The van der Waals surface area contributed by atoms with Gasteiger partial charge in [0.15, 0.2) is 6.10 Å². The van der Waals surface area contributed by atoms with E-state index in [1.807, 2.05) is 0 Å². The zero-order valence-electron chi connectivity index (χ0n) is 42.0. The molecule has 0 fully saturated rings. The molecule has 368 valence electrons. The lowest BCUT2D eigenvalue weighted by Gasteiger charge is -2.18. The SMILES string of the molecule is CC/C=C\C/C=C\C/C=C\C/C=C\C/C=C\C/C=C\CCCCC(=O)OCC(COC(=O)CCCCCCC/C=C\CCCCC)OC(=O)CCCCCCC/C=C\C/C=C\CCCC. The Bertz CT molecular complexity index is 1360. The van der Waals surface area contributed by atoms with Crippen LogP contribution in [0.1, 0.15) is 226 Å². The van der Waals surface area contributed by atoms with Gasteiger partial charge in [-0.1, -0.05) is 194 Å². The minimum atomic E-state index is -0.808. The van der Waals surface area contributed by atoms with Gasteiger partial charge in [0.05, 0.1) is 0 Å². The van der Waals surface area contributed by atoms with E-state index in [2.05, 4.69) is 130 Å². The molecule has 0 heterocycles. The van der Waals surface area contributed by atoms with E-state index in [1.54, 1.807) is 0 Å². The van der Waals surface area contributed by atoms with Crippen LogP contribution in [0, 0.1) is 0 Å². The predicted molar refractivity (Wildman–Crippen MR) is 279 cm³/mol. The number of hydrogen-bond donors (Lipinski definition) is 0. The zero-order chi connectivity index (χ0) is 47.2. The second kappa shape index (κ2) is 52.7. The zero-order valence-corrected chi connectivity index (χ0v) is 42.0. The summed E-state index contributed by atoms with van der Waals surface area (Å²) in [6, 6.07) is 0. The maximum atomic E-state index is 12.8. The number of ether oxygens (including phenoxy) is 3. The molecule has 65 heavy (non-hydrogen) atoms. The van der Waals surface area contributed by atoms with E-state index in [0.29, 0.717) is 25.7 Å². The summed E-state index contributed by atoms with van der Waals surface area (Å²) in [6.07, 6.45) is 70.7. The molecular weight excluding hydrogens is 805 g/mol. The third-order valence-corrected chi connectivity index (χ3v) is 10.7. The quantitative estimate of drug-likeness (QED) is 0.0262. The van der Waals surface area contributed by atoms with Crippen LogP contribution >= 0.6 is 0 Å². The van der Waals surface area contributed by atoms with Crippen LogP contribution in [-0.4, -0.2) is 37.2 Å². The maximum absolute atomic E-state index is 12.8. The Hall–Kier alpha value is -3.93. The molecule has 0 N–H and O–H groups in total. The van der Waals surface area contributed by atoms with Crippen LogP contribution in [0.3, 0.4) is 0 Å². The van der Waals surface area contributed by atoms with E-state index >= 15 is 0 Å². The van der Waals surface area contributed by atoms with Gasteiger partial charge in [-0.2, -0.15) is 0 Å². The third kappa shape index (κ3) is 50.9. The van der Waals surface area contributed by atoms with Gasteiger partial charge < -0.3 is 14.2 Å². The van der Waals surface area contributed by atoms with Gasteiger partial charge >= 0.3 is 17.9 Å². The molecule has 0 aliphatic carbocycles. The summed E-state index contributed by atoms with van der Waals surface area (Å²) < 4.78 is 16.7. The highest BCUT2D eigenvalue weighted by molar-refractivity contribution is 5.71. The van der Waals surface area contributed by atoms with Crippen LogP contribution in [0.2, 0.25) is 0 Å². The standard InChI is InChI=1S/C59H96O6/c1-4-7-10-13-16-19-22-25-27-28-29-30-31-32-33-35-37-40-43-46-49-52-58(61)64-55-56(54-63-57(60)51-48-45-42-39-36-24-21-18-15-12-9-6-3)65-59(62)53-50-47-44-41-38-34-26-23-20-17-14-11-8-5-2/h7,10,14,16-19,21,23,25-27,29-30,32-33,37,40,56H,4-6,8-9,11-13,15,20,22,24,28,31,34-36,38-39,41-55H2,1-3H3/b10-7-,17-14-,19-16-,21-18-,26-23-,27-25-,30-29-,33-32-,40-37-. The molecule has 6 nitrogen and oxygen atoms in total. The van der Waals surface area contributed by atoms with Gasteiger partial charge in [0.2, 0.25) is 0 Å². The summed E-state index contributed by atoms with van der Waals surface area (Å²) in [5.74, 6) is -0.977. The second-order valence-electron chi connectivity index (χ2n) is 17.0. The average molecular weight is 901 g/mol. The largest absolute Gasteiger partial charge is 0.462 e. The van der Waals surface area contributed by atoms with Crippen molar-refractivity contribution in [3.05, 3.63) is 109 Å². The van der Waals surface area contributed by atoms with Crippen molar-refractivity contribution in [1.82, 2.24) is 0 Å². The Morgan fingerprint density at radius 3 is 1.03 bits per heavy atom. The molecule has 0 saturated carbocycles. The molecule has 0 amide bonds. The molecular formula is C59H96O6. The van der Waals surface area contributed by atoms with Gasteiger partial charge in [-0.15, -0.1) is 0 Å². The predicted octanol–water partition coefficient (Wildman–Crippen LogP) is 17.5. The summed E-state index contributed by atoms with van der Waals surface area (Å²) in [5.41, 5.74) is 0. The highest BCUT2D eigenvalue weighted by atomic mass is 16.6. The molecule has 0 aliphatic rings. The van der Waals surface area contributed by atoms with Crippen LogP contribution in [0.15, 0.2) is 109 Å². The fraction of sp³-hybridized carbons (Fsp3) is 0.644. The highest BCUT2D eigenvalue weighted by Gasteiger charge is 2.19. The molecule has 0 bridgehead atoms. The van der Waals surface area contributed by atoms with Crippen molar-refractivity contribution in [2.24, 2.45) is 0 Å². The highest BCUT2D eigenvalue weighted by Crippen LogP contribution is 2.13. The van der Waals surface area contributed by atoms with Crippen molar-refractivity contribution in [1.29, 1.82) is 0 Å². The van der Waals surface area contributed by atoms with Crippen molar-refractivity contribution in [3.8, 4) is 0 Å². The van der Waals surface area contributed by atoms with Crippen molar-refractivity contribution < 1.29 is 28.6 Å². The van der Waals surface area contributed by atoms with E-state index in [4.69, 9.17) is 14.2 Å². The van der Waals surface area contributed by atoms with E-state index in [0.717, 1.165) is 128 Å². The Labute approximate surface area is 400 Å². The monoisotopic (exact) mass is 901 g/mol. The van der Waals surface area contributed by atoms with E-state index in [-0.39, 0.29) is 31.1 Å². The minimum absolute atomic E-state index is 0.104. The molecule has 0 aromatic heterocycles. The summed E-state index contributed by atoms with van der Waals surface area (Å²) in [4.78, 5) is 38.0. The molecule has 0 aromatic carbocycles. The van der Waals surface area contributed by atoms with Crippen molar-refractivity contribution in [2.45, 2.75) is 232 Å². The lowest BCUT2D eigenvalue weighted by atomic mass is 10.1. The molecule has 0 saturated heterocycles. The Morgan fingerprint density at radius 1 is 0.323 bits per heavy atom. The number of allylic oxidation sites excluding steroid dienone is 18. The molecule has 0 radical (unpaired) electrons. The molecule has 6 heteroatoms. The van der Waals surface area contributed by atoms with Crippen LogP contribution in [0.5, 0.6) is 0 Å². The first-order valence-electron chi connectivity index (χ1n) is 26.4. The number of hydrogen-bond acceptors (Lipinski definition) is 6. The average Bonchev–Trinajstić information content (AvgIpc) is 3.30. The van der Waals surface area contributed by atoms with Crippen molar-refractivity contribution in [3.63, 3.8) is 0 Å². The summed E-state index contributed by atoms with van der Waals surface area (Å²) in [7, 11) is 0. The third-order valence-electron chi connectivity index (χ3n) is 10.7. The van der Waals surface area contributed by atoms with Gasteiger partial charge in [-0.25, -0.2) is 0 Å². The Kier molecular flexibility index (Phi) is 49.5. The molecule has 1 atom stereocenters.